The third-order valence-electron chi connectivity index (χ3n) is 7.41. The normalized spacial score (nSPS) is 15.7. The second kappa shape index (κ2) is 10.6. The molecule has 0 bridgehead atoms. The van der Waals surface area contributed by atoms with Gasteiger partial charge in [0.15, 0.2) is 0 Å². The van der Waals surface area contributed by atoms with Crippen LogP contribution in [0.2, 0.25) is 0 Å². The lowest BCUT2D eigenvalue weighted by Crippen LogP contribution is -2.41. The first-order valence-corrected chi connectivity index (χ1v) is 13.3. The Hall–Kier alpha value is -3.54. The molecule has 4 aromatic rings. The fraction of sp³-hybridized carbons (Fsp3) is 0.400. The number of aromatic nitrogens is 1. The number of amides is 1. The van der Waals surface area contributed by atoms with Gasteiger partial charge in [-0.15, -0.1) is 0 Å². The molecule has 2 aromatic carbocycles. The van der Waals surface area contributed by atoms with Gasteiger partial charge in [0.05, 0.1) is 11.2 Å². The highest BCUT2D eigenvalue weighted by Crippen LogP contribution is 2.34. The largest absolute Gasteiger partial charge is 0.427 e. The molecule has 1 atom stereocenters. The zero-order valence-electron chi connectivity index (χ0n) is 21.3. The minimum atomic E-state index is -0.523. The number of fused-ring (bicyclic) bond motifs is 3. The van der Waals surface area contributed by atoms with Crippen LogP contribution in [0.25, 0.3) is 21.8 Å². The maximum absolute atomic E-state index is 13.3. The number of hydrogen-bond acceptors (Lipinski definition) is 4. The molecule has 1 amide bonds. The number of rotatable bonds is 9. The Morgan fingerprint density at radius 1 is 1.03 bits per heavy atom. The third kappa shape index (κ3) is 4.52. The number of unbranched alkanes of at least 4 members (excludes halogenated alkanes) is 2. The average molecular weight is 486 g/mol. The number of anilines is 1. The van der Waals surface area contributed by atoms with Gasteiger partial charge in [0, 0.05) is 48.4 Å². The van der Waals surface area contributed by atoms with Crippen LogP contribution in [0.5, 0.6) is 0 Å². The highest BCUT2D eigenvalue weighted by Gasteiger charge is 2.31. The summed E-state index contributed by atoms with van der Waals surface area (Å²) in [5.74, 6) is 0.429. The van der Waals surface area contributed by atoms with Gasteiger partial charge in [-0.2, -0.15) is 0 Å². The van der Waals surface area contributed by atoms with E-state index in [1.54, 1.807) is 12.1 Å². The van der Waals surface area contributed by atoms with Crippen molar-refractivity contribution in [2.24, 2.45) is 0 Å². The number of carbonyl (C=O) groups excluding carboxylic acids is 1. The molecule has 1 saturated heterocycles. The van der Waals surface area contributed by atoms with Crippen LogP contribution in [0.1, 0.15) is 62.1 Å². The number of nitrogens with one attached hydrogen (secondary N) is 1. The van der Waals surface area contributed by atoms with Crippen molar-refractivity contribution in [3.05, 3.63) is 76.3 Å². The molecule has 2 aromatic heterocycles. The standard InChI is InChI=1S/C30H35N3O3/c1-3-5-6-12-22-17-18-25(30(35)36-22)29(34)33-19-10-11-21(33)20-31-26-15-9-14-24-23-13-7-8-16-27(23)32(4-2)28(24)26/h7-9,13-18,21,31H,3-6,10-12,19-20H2,1-2H3. The van der Waals surface area contributed by atoms with Crippen molar-refractivity contribution >= 4 is 33.4 Å². The fourth-order valence-electron chi connectivity index (χ4n) is 5.57. The first-order chi connectivity index (χ1) is 17.6. The molecule has 1 aliphatic rings. The van der Waals surface area contributed by atoms with Crippen LogP contribution in [-0.4, -0.2) is 34.5 Å². The summed E-state index contributed by atoms with van der Waals surface area (Å²) in [6.45, 7) is 6.48. The first kappa shape index (κ1) is 24.2. The van der Waals surface area contributed by atoms with E-state index in [4.69, 9.17) is 4.42 Å². The lowest BCUT2D eigenvalue weighted by atomic mass is 10.1. The van der Waals surface area contributed by atoms with Crippen molar-refractivity contribution in [3.63, 3.8) is 0 Å². The molecular formula is C30H35N3O3. The van der Waals surface area contributed by atoms with E-state index >= 15 is 0 Å². The Balaban J connectivity index is 1.34. The van der Waals surface area contributed by atoms with E-state index in [9.17, 15) is 9.59 Å². The summed E-state index contributed by atoms with van der Waals surface area (Å²) >= 11 is 0. The van der Waals surface area contributed by atoms with Crippen LogP contribution in [0, 0.1) is 0 Å². The molecule has 36 heavy (non-hydrogen) atoms. The van der Waals surface area contributed by atoms with E-state index in [1.807, 2.05) is 4.90 Å². The predicted octanol–water partition coefficient (Wildman–Crippen LogP) is 6.22. The summed E-state index contributed by atoms with van der Waals surface area (Å²) in [5.41, 5.74) is 3.10. The van der Waals surface area contributed by atoms with Crippen LogP contribution in [-0.2, 0) is 13.0 Å². The minimum Gasteiger partial charge on any atom is -0.427 e. The molecule has 0 radical (unpaired) electrons. The van der Waals surface area contributed by atoms with Crippen molar-refractivity contribution < 1.29 is 9.21 Å². The van der Waals surface area contributed by atoms with Gasteiger partial charge < -0.3 is 19.2 Å². The average Bonchev–Trinajstić information content (AvgIpc) is 3.50. The fourth-order valence-corrected chi connectivity index (χ4v) is 5.57. The van der Waals surface area contributed by atoms with Crippen LogP contribution >= 0.6 is 0 Å². The molecule has 1 aliphatic heterocycles. The highest BCUT2D eigenvalue weighted by atomic mass is 16.4. The van der Waals surface area contributed by atoms with Crippen molar-refractivity contribution in [1.29, 1.82) is 0 Å². The number of carbonyl (C=O) groups is 1. The van der Waals surface area contributed by atoms with E-state index in [2.05, 4.69) is 66.2 Å². The zero-order chi connectivity index (χ0) is 25.1. The monoisotopic (exact) mass is 485 g/mol. The molecule has 0 spiro atoms. The topological polar surface area (TPSA) is 67.5 Å². The smallest absolute Gasteiger partial charge is 0.348 e. The maximum Gasteiger partial charge on any atom is 0.348 e. The molecule has 1 N–H and O–H groups in total. The number of aryl methyl sites for hydroxylation is 2. The van der Waals surface area contributed by atoms with E-state index in [1.165, 1.54) is 21.8 Å². The van der Waals surface area contributed by atoms with Gasteiger partial charge in [-0.05, 0) is 50.5 Å². The van der Waals surface area contributed by atoms with Crippen LogP contribution in [0.3, 0.4) is 0 Å². The minimum absolute atomic E-state index is 0.0239. The molecule has 0 saturated carbocycles. The van der Waals surface area contributed by atoms with E-state index in [0.717, 1.165) is 50.8 Å². The van der Waals surface area contributed by atoms with E-state index in [0.29, 0.717) is 18.8 Å². The highest BCUT2D eigenvalue weighted by molar-refractivity contribution is 6.12. The van der Waals surface area contributed by atoms with Crippen LogP contribution in [0.4, 0.5) is 5.69 Å². The number of likely N-dealkylation sites (tertiary alicyclic amines) is 1. The first-order valence-electron chi connectivity index (χ1n) is 13.3. The van der Waals surface area contributed by atoms with Gasteiger partial charge in [0.25, 0.3) is 5.91 Å². The lowest BCUT2D eigenvalue weighted by Gasteiger charge is -2.25. The molecule has 0 aliphatic carbocycles. The van der Waals surface area contributed by atoms with Gasteiger partial charge in [-0.25, -0.2) is 4.79 Å². The van der Waals surface area contributed by atoms with Gasteiger partial charge in [-0.3, -0.25) is 4.79 Å². The van der Waals surface area contributed by atoms with Gasteiger partial charge >= 0.3 is 5.63 Å². The molecule has 1 unspecified atom stereocenters. The van der Waals surface area contributed by atoms with Crippen molar-refractivity contribution in [1.82, 2.24) is 9.47 Å². The summed E-state index contributed by atoms with van der Waals surface area (Å²) < 4.78 is 7.83. The Kier molecular flexibility index (Phi) is 7.12. The Labute approximate surface area is 211 Å². The molecule has 6 heteroatoms. The zero-order valence-corrected chi connectivity index (χ0v) is 21.3. The SMILES string of the molecule is CCCCCc1ccc(C(=O)N2CCCC2CNc2cccc3c4ccccc4n(CC)c23)c(=O)o1. The summed E-state index contributed by atoms with van der Waals surface area (Å²) in [5, 5.41) is 6.12. The number of hydrogen-bond donors (Lipinski definition) is 1. The number of benzene rings is 2. The summed E-state index contributed by atoms with van der Waals surface area (Å²) in [7, 11) is 0. The molecule has 1 fully saturated rings. The second-order valence-corrected chi connectivity index (χ2v) is 9.70. The summed E-state index contributed by atoms with van der Waals surface area (Å²) in [6.07, 6.45) is 5.76. The molecular weight excluding hydrogens is 450 g/mol. The Morgan fingerprint density at radius 3 is 2.67 bits per heavy atom. The van der Waals surface area contributed by atoms with Gasteiger partial charge in [0.2, 0.25) is 0 Å². The molecule has 3 heterocycles. The van der Waals surface area contributed by atoms with Crippen LogP contribution in [0.15, 0.2) is 63.8 Å². The Bertz CT molecular complexity index is 1430. The van der Waals surface area contributed by atoms with Crippen molar-refractivity contribution in [3.8, 4) is 0 Å². The maximum atomic E-state index is 13.3. The summed E-state index contributed by atoms with van der Waals surface area (Å²) in [6, 6.07) is 18.3. The van der Waals surface area contributed by atoms with E-state index in [-0.39, 0.29) is 17.5 Å². The molecule has 6 nitrogen and oxygen atoms in total. The van der Waals surface area contributed by atoms with Crippen molar-refractivity contribution in [2.45, 2.75) is 65.0 Å². The Morgan fingerprint density at radius 2 is 1.86 bits per heavy atom. The van der Waals surface area contributed by atoms with Gasteiger partial charge in [-0.1, -0.05) is 50.1 Å². The summed E-state index contributed by atoms with van der Waals surface area (Å²) in [4.78, 5) is 27.8. The second-order valence-electron chi connectivity index (χ2n) is 9.70. The quantitative estimate of drug-likeness (QED) is 0.286. The van der Waals surface area contributed by atoms with Crippen LogP contribution < -0.4 is 10.9 Å². The lowest BCUT2D eigenvalue weighted by molar-refractivity contribution is 0.0738. The van der Waals surface area contributed by atoms with Gasteiger partial charge in [0.1, 0.15) is 11.3 Å². The number of nitrogens with zero attached hydrogens (tertiary/aromatic N) is 2. The predicted molar refractivity (Wildman–Crippen MR) is 146 cm³/mol. The number of para-hydroxylation sites is 2. The molecule has 5 rings (SSSR count). The third-order valence-corrected chi connectivity index (χ3v) is 7.41. The van der Waals surface area contributed by atoms with E-state index < -0.39 is 5.63 Å². The van der Waals surface area contributed by atoms with Crippen molar-refractivity contribution in [2.75, 3.05) is 18.4 Å². The molecule has 188 valence electrons.